The zero-order valence-corrected chi connectivity index (χ0v) is 6.29. The first-order valence-corrected chi connectivity index (χ1v) is 3.98. The smallest absolute Gasteiger partial charge is 0.0141 e. The van der Waals surface area contributed by atoms with Gasteiger partial charge in [-0.15, -0.1) is 0 Å². The Balaban J connectivity index is 2.50. The summed E-state index contributed by atoms with van der Waals surface area (Å²) < 4.78 is 0.509. The molecule has 0 nitrogen and oxygen atoms in total. The van der Waals surface area contributed by atoms with E-state index >= 15 is 0 Å². The SMILES string of the molecule is CC1(C)CC=CCS1. The molecular formula is C7H12S. The molecule has 0 atom stereocenters. The lowest BCUT2D eigenvalue weighted by molar-refractivity contribution is 0.721. The summed E-state index contributed by atoms with van der Waals surface area (Å²) in [6.45, 7) is 4.59. The third-order valence-electron chi connectivity index (χ3n) is 1.35. The van der Waals surface area contributed by atoms with Gasteiger partial charge >= 0.3 is 0 Å². The second-order valence-electron chi connectivity index (χ2n) is 2.75. The molecule has 1 rings (SSSR count). The lowest BCUT2D eigenvalue weighted by Crippen LogP contribution is -2.15. The monoisotopic (exact) mass is 128 g/mol. The van der Waals surface area contributed by atoms with Crippen molar-refractivity contribution in [2.45, 2.75) is 25.0 Å². The van der Waals surface area contributed by atoms with E-state index in [1.54, 1.807) is 0 Å². The molecule has 8 heavy (non-hydrogen) atoms. The van der Waals surface area contributed by atoms with Gasteiger partial charge in [0.05, 0.1) is 0 Å². The summed E-state index contributed by atoms with van der Waals surface area (Å²) in [7, 11) is 0. The topological polar surface area (TPSA) is 0 Å². The highest BCUT2D eigenvalue weighted by atomic mass is 32.2. The van der Waals surface area contributed by atoms with Crippen LogP contribution in [-0.2, 0) is 0 Å². The van der Waals surface area contributed by atoms with Crippen molar-refractivity contribution in [3.05, 3.63) is 12.2 Å². The van der Waals surface area contributed by atoms with Crippen LogP contribution in [0.1, 0.15) is 20.3 Å². The molecule has 1 heteroatoms. The van der Waals surface area contributed by atoms with E-state index in [0.717, 1.165) is 0 Å². The van der Waals surface area contributed by atoms with Crippen LogP contribution in [0.2, 0.25) is 0 Å². The fraction of sp³-hybridized carbons (Fsp3) is 0.714. The van der Waals surface area contributed by atoms with E-state index in [0.29, 0.717) is 4.75 Å². The van der Waals surface area contributed by atoms with Gasteiger partial charge in [0.1, 0.15) is 0 Å². The second-order valence-corrected chi connectivity index (χ2v) is 4.47. The predicted molar refractivity (Wildman–Crippen MR) is 40.3 cm³/mol. The molecule has 0 radical (unpaired) electrons. The largest absolute Gasteiger partial charge is 0.151 e. The summed E-state index contributed by atoms with van der Waals surface area (Å²) in [5, 5.41) is 0. The van der Waals surface area contributed by atoms with Crippen molar-refractivity contribution in [1.82, 2.24) is 0 Å². The van der Waals surface area contributed by atoms with Crippen LogP contribution in [0.4, 0.5) is 0 Å². The fourth-order valence-electron chi connectivity index (χ4n) is 0.768. The molecule has 0 aromatic heterocycles. The van der Waals surface area contributed by atoms with Gasteiger partial charge in [0.15, 0.2) is 0 Å². The van der Waals surface area contributed by atoms with E-state index in [1.165, 1.54) is 12.2 Å². The summed E-state index contributed by atoms with van der Waals surface area (Å²) in [6, 6.07) is 0. The van der Waals surface area contributed by atoms with Crippen LogP contribution in [0, 0.1) is 0 Å². The Labute approximate surface area is 55.4 Å². The van der Waals surface area contributed by atoms with Crippen molar-refractivity contribution >= 4 is 11.8 Å². The number of allylic oxidation sites excluding steroid dienone is 1. The molecule has 0 fully saturated rings. The Bertz CT molecular complexity index is 103. The Morgan fingerprint density at radius 3 is 2.38 bits per heavy atom. The molecule has 1 aliphatic heterocycles. The van der Waals surface area contributed by atoms with Gasteiger partial charge in [-0.1, -0.05) is 26.0 Å². The average molecular weight is 128 g/mol. The summed E-state index contributed by atoms with van der Waals surface area (Å²) >= 11 is 2.03. The summed E-state index contributed by atoms with van der Waals surface area (Å²) in [5.41, 5.74) is 0. The normalized spacial score (nSPS) is 25.8. The van der Waals surface area contributed by atoms with E-state index in [9.17, 15) is 0 Å². The van der Waals surface area contributed by atoms with E-state index in [4.69, 9.17) is 0 Å². The predicted octanol–water partition coefficient (Wildman–Crippen LogP) is 2.46. The Hall–Kier alpha value is 0.0900. The maximum absolute atomic E-state index is 2.29. The van der Waals surface area contributed by atoms with E-state index in [1.807, 2.05) is 11.8 Å². The molecule has 1 aliphatic rings. The van der Waals surface area contributed by atoms with Crippen molar-refractivity contribution in [3.63, 3.8) is 0 Å². The summed E-state index contributed by atoms with van der Waals surface area (Å²) in [6.07, 6.45) is 5.75. The fourth-order valence-corrected chi connectivity index (χ4v) is 1.67. The molecule has 0 aromatic carbocycles. The Morgan fingerprint density at radius 1 is 1.38 bits per heavy atom. The van der Waals surface area contributed by atoms with Gasteiger partial charge in [-0.2, -0.15) is 11.8 Å². The van der Waals surface area contributed by atoms with Crippen molar-refractivity contribution in [3.8, 4) is 0 Å². The van der Waals surface area contributed by atoms with Gasteiger partial charge < -0.3 is 0 Å². The van der Waals surface area contributed by atoms with Crippen LogP contribution in [0.3, 0.4) is 0 Å². The van der Waals surface area contributed by atoms with Gasteiger partial charge in [-0.3, -0.25) is 0 Å². The standard InChI is InChI=1S/C7H12S/c1-7(2)5-3-4-6-8-7/h3-4H,5-6H2,1-2H3. The molecule has 46 valence electrons. The minimum Gasteiger partial charge on any atom is -0.151 e. The minimum absolute atomic E-state index is 0.509. The van der Waals surface area contributed by atoms with Crippen LogP contribution < -0.4 is 0 Å². The van der Waals surface area contributed by atoms with Gasteiger partial charge in [0.25, 0.3) is 0 Å². The van der Waals surface area contributed by atoms with Crippen LogP contribution in [0.15, 0.2) is 12.2 Å². The third kappa shape index (κ3) is 1.55. The van der Waals surface area contributed by atoms with Crippen molar-refractivity contribution in [2.24, 2.45) is 0 Å². The first-order chi connectivity index (χ1) is 3.71. The van der Waals surface area contributed by atoms with Gasteiger partial charge in [0.2, 0.25) is 0 Å². The summed E-state index contributed by atoms with van der Waals surface area (Å²) in [5.74, 6) is 1.20. The zero-order valence-electron chi connectivity index (χ0n) is 5.48. The molecule has 0 spiro atoms. The third-order valence-corrected chi connectivity index (χ3v) is 2.65. The molecule has 1 heterocycles. The lowest BCUT2D eigenvalue weighted by Gasteiger charge is -2.24. The first kappa shape index (κ1) is 6.21. The number of hydrogen-bond donors (Lipinski definition) is 0. The van der Waals surface area contributed by atoms with Crippen molar-refractivity contribution < 1.29 is 0 Å². The Morgan fingerprint density at radius 2 is 2.12 bits per heavy atom. The van der Waals surface area contributed by atoms with E-state index < -0.39 is 0 Å². The van der Waals surface area contributed by atoms with Gasteiger partial charge in [-0.05, 0) is 6.42 Å². The Kier molecular flexibility index (Phi) is 1.66. The van der Waals surface area contributed by atoms with Crippen LogP contribution in [-0.4, -0.2) is 10.5 Å². The molecule has 0 bridgehead atoms. The van der Waals surface area contributed by atoms with Crippen molar-refractivity contribution in [2.75, 3.05) is 5.75 Å². The van der Waals surface area contributed by atoms with E-state index in [-0.39, 0.29) is 0 Å². The highest BCUT2D eigenvalue weighted by molar-refractivity contribution is 8.00. The van der Waals surface area contributed by atoms with E-state index in [2.05, 4.69) is 26.0 Å². The molecule has 0 aliphatic carbocycles. The molecular weight excluding hydrogens is 116 g/mol. The van der Waals surface area contributed by atoms with Gasteiger partial charge in [-0.25, -0.2) is 0 Å². The average Bonchev–Trinajstić information content (AvgIpc) is 1.65. The molecule has 0 aromatic rings. The highest BCUT2D eigenvalue weighted by Gasteiger charge is 2.17. The maximum Gasteiger partial charge on any atom is 0.0141 e. The first-order valence-electron chi connectivity index (χ1n) is 3.00. The number of hydrogen-bond acceptors (Lipinski definition) is 1. The molecule has 0 amide bonds. The van der Waals surface area contributed by atoms with Gasteiger partial charge in [0, 0.05) is 10.5 Å². The van der Waals surface area contributed by atoms with Crippen LogP contribution in [0.25, 0.3) is 0 Å². The number of thioether (sulfide) groups is 1. The van der Waals surface area contributed by atoms with Crippen LogP contribution in [0.5, 0.6) is 0 Å². The lowest BCUT2D eigenvalue weighted by atomic mass is 10.1. The van der Waals surface area contributed by atoms with Crippen molar-refractivity contribution in [1.29, 1.82) is 0 Å². The highest BCUT2D eigenvalue weighted by Crippen LogP contribution is 2.31. The second kappa shape index (κ2) is 2.14. The molecule has 0 saturated carbocycles. The maximum atomic E-state index is 2.29. The molecule has 0 unspecified atom stereocenters. The minimum atomic E-state index is 0.509. The van der Waals surface area contributed by atoms with Crippen LogP contribution >= 0.6 is 11.8 Å². The molecule has 0 N–H and O–H groups in total. The quantitative estimate of drug-likeness (QED) is 0.452. The molecule has 0 saturated heterocycles. The number of rotatable bonds is 0. The zero-order chi connectivity index (χ0) is 6.04. The summed E-state index contributed by atoms with van der Waals surface area (Å²) in [4.78, 5) is 0.